The summed E-state index contributed by atoms with van der Waals surface area (Å²) in [5.41, 5.74) is 1.40. The molecule has 0 aliphatic carbocycles. The van der Waals surface area contributed by atoms with Crippen LogP contribution in [-0.2, 0) is 4.74 Å². The summed E-state index contributed by atoms with van der Waals surface area (Å²) in [5.74, 6) is 1.41. The van der Waals surface area contributed by atoms with Gasteiger partial charge in [-0.3, -0.25) is 5.32 Å². The van der Waals surface area contributed by atoms with Crippen LogP contribution >= 0.6 is 0 Å². The molecule has 2 aromatic rings. The average molecular weight is 315 g/mol. The molecule has 6 heteroatoms. The molecule has 0 saturated heterocycles. The number of pyridine rings is 1. The first-order valence-corrected chi connectivity index (χ1v) is 7.51. The van der Waals surface area contributed by atoms with Crippen LogP contribution in [0, 0.1) is 0 Å². The Morgan fingerprint density at radius 1 is 1.22 bits per heavy atom. The van der Waals surface area contributed by atoms with Crippen molar-refractivity contribution in [3.8, 4) is 5.75 Å². The first-order chi connectivity index (χ1) is 11.1. The van der Waals surface area contributed by atoms with Crippen LogP contribution in [0.15, 0.2) is 42.6 Å². The number of anilines is 3. The minimum Gasteiger partial charge on any atom is -0.489 e. The highest BCUT2D eigenvalue weighted by Gasteiger charge is 2.07. The summed E-state index contributed by atoms with van der Waals surface area (Å²) in [6.07, 6.45) is 1.15. The van der Waals surface area contributed by atoms with E-state index in [4.69, 9.17) is 9.47 Å². The number of para-hydroxylation sites is 2. The summed E-state index contributed by atoms with van der Waals surface area (Å²) >= 11 is 0. The molecule has 2 N–H and O–H groups in total. The van der Waals surface area contributed by atoms with Crippen molar-refractivity contribution in [2.24, 2.45) is 0 Å². The summed E-state index contributed by atoms with van der Waals surface area (Å²) in [6.45, 7) is 6.03. The first-order valence-electron chi connectivity index (χ1n) is 7.51. The monoisotopic (exact) mass is 315 g/mol. The normalized spacial score (nSPS) is 10.3. The molecule has 0 aliphatic heterocycles. The van der Waals surface area contributed by atoms with Gasteiger partial charge in [-0.15, -0.1) is 0 Å². The average Bonchev–Trinajstić information content (AvgIpc) is 2.51. The van der Waals surface area contributed by atoms with E-state index in [1.807, 2.05) is 38.1 Å². The number of nitrogens with one attached hydrogen (secondary N) is 2. The predicted molar refractivity (Wildman–Crippen MR) is 90.4 cm³/mol. The number of amides is 1. The highest BCUT2D eigenvalue weighted by molar-refractivity contribution is 5.84. The number of nitrogens with zero attached hydrogens (tertiary/aromatic N) is 1. The van der Waals surface area contributed by atoms with Gasteiger partial charge in [-0.1, -0.05) is 12.1 Å². The standard InChI is InChI=1S/C17H21N3O3/c1-4-22-17(21)19-13-9-10-16(18-11-13)20-14-7-5-6-8-15(14)23-12(2)3/h5-12H,4H2,1-3H3,(H,18,20)(H,19,21). The molecular weight excluding hydrogens is 294 g/mol. The molecule has 6 nitrogen and oxygen atoms in total. The Hall–Kier alpha value is -2.76. The maximum atomic E-state index is 11.3. The zero-order valence-electron chi connectivity index (χ0n) is 13.5. The highest BCUT2D eigenvalue weighted by atomic mass is 16.5. The largest absolute Gasteiger partial charge is 0.489 e. The zero-order valence-corrected chi connectivity index (χ0v) is 13.5. The van der Waals surface area contributed by atoms with E-state index in [1.165, 1.54) is 0 Å². The molecule has 1 aromatic carbocycles. The fourth-order valence-corrected chi connectivity index (χ4v) is 1.89. The Labute approximate surface area is 135 Å². The number of carbonyl (C=O) groups is 1. The molecule has 1 heterocycles. The van der Waals surface area contributed by atoms with Crippen molar-refractivity contribution in [2.45, 2.75) is 26.9 Å². The number of aromatic nitrogens is 1. The van der Waals surface area contributed by atoms with Gasteiger partial charge < -0.3 is 14.8 Å². The third-order valence-electron chi connectivity index (χ3n) is 2.80. The lowest BCUT2D eigenvalue weighted by atomic mass is 10.3. The Morgan fingerprint density at radius 3 is 2.65 bits per heavy atom. The summed E-state index contributed by atoms with van der Waals surface area (Å²) in [5, 5.41) is 5.80. The number of benzene rings is 1. The van der Waals surface area contributed by atoms with Crippen LogP contribution in [0.2, 0.25) is 0 Å². The van der Waals surface area contributed by atoms with E-state index >= 15 is 0 Å². The van der Waals surface area contributed by atoms with Gasteiger partial charge >= 0.3 is 6.09 Å². The Balaban J connectivity index is 2.05. The molecule has 0 saturated carbocycles. The van der Waals surface area contributed by atoms with Gasteiger partial charge in [-0.2, -0.15) is 0 Å². The molecule has 0 bridgehead atoms. The quantitative estimate of drug-likeness (QED) is 0.836. The van der Waals surface area contributed by atoms with E-state index in [-0.39, 0.29) is 6.10 Å². The van der Waals surface area contributed by atoms with Crippen molar-refractivity contribution in [3.05, 3.63) is 42.6 Å². The molecule has 0 spiro atoms. The fourth-order valence-electron chi connectivity index (χ4n) is 1.89. The van der Waals surface area contributed by atoms with Gasteiger partial charge in [0.1, 0.15) is 11.6 Å². The zero-order chi connectivity index (χ0) is 16.7. The minimum absolute atomic E-state index is 0.0852. The number of ether oxygens (including phenoxy) is 2. The maximum absolute atomic E-state index is 11.3. The summed E-state index contributed by atoms with van der Waals surface area (Å²) in [7, 11) is 0. The number of hydrogen-bond acceptors (Lipinski definition) is 5. The van der Waals surface area contributed by atoms with Gasteiger partial charge in [-0.05, 0) is 45.0 Å². The van der Waals surface area contributed by atoms with Crippen LogP contribution < -0.4 is 15.4 Å². The minimum atomic E-state index is -0.495. The van der Waals surface area contributed by atoms with Gasteiger partial charge in [0.25, 0.3) is 0 Å². The van der Waals surface area contributed by atoms with Crippen LogP contribution in [0.4, 0.5) is 22.0 Å². The summed E-state index contributed by atoms with van der Waals surface area (Å²) in [4.78, 5) is 15.6. The molecule has 122 valence electrons. The summed E-state index contributed by atoms with van der Waals surface area (Å²) < 4.78 is 10.6. The van der Waals surface area contributed by atoms with E-state index < -0.39 is 6.09 Å². The van der Waals surface area contributed by atoms with Gasteiger partial charge in [0.2, 0.25) is 0 Å². The van der Waals surface area contributed by atoms with Crippen molar-refractivity contribution in [3.63, 3.8) is 0 Å². The lowest BCUT2D eigenvalue weighted by Crippen LogP contribution is -2.13. The van der Waals surface area contributed by atoms with Crippen molar-refractivity contribution in [1.82, 2.24) is 4.98 Å². The first kappa shape index (κ1) is 16.6. The van der Waals surface area contributed by atoms with Gasteiger partial charge in [0, 0.05) is 0 Å². The molecule has 0 radical (unpaired) electrons. The van der Waals surface area contributed by atoms with Gasteiger partial charge in [-0.25, -0.2) is 9.78 Å². The molecule has 0 atom stereocenters. The topological polar surface area (TPSA) is 72.5 Å². The molecule has 23 heavy (non-hydrogen) atoms. The van der Waals surface area contributed by atoms with Crippen LogP contribution in [0.3, 0.4) is 0 Å². The highest BCUT2D eigenvalue weighted by Crippen LogP contribution is 2.27. The number of hydrogen-bond donors (Lipinski definition) is 2. The molecule has 0 aliphatic rings. The van der Waals surface area contributed by atoms with Crippen LogP contribution in [0.25, 0.3) is 0 Å². The van der Waals surface area contributed by atoms with E-state index in [1.54, 1.807) is 25.3 Å². The Bertz CT molecular complexity index is 642. The second kappa shape index (κ2) is 8.03. The van der Waals surface area contributed by atoms with Crippen molar-refractivity contribution in [1.29, 1.82) is 0 Å². The summed E-state index contributed by atoms with van der Waals surface area (Å²) in [6, 6.07) is 11.2. The third-order valence-corrected chi connectivity index (χ3v) is 2.80. The third kappa shape index (κ3) is 5.18. The predicted octanol–water partition coefficient (Wildman–Crippen LogP) is 4.18. The van der Waals surface area contributed by atoms with Crippen molar-refractivity contribution in [2.75, 3.05) is 17.2 Å². The fraction of sp³-hybridized carbons (Fsp3) is 0.294. The van der Waals surface area contributed by atoms with Crippen LogP contribution in [0.1, 0.15) is 20.8 Å². The number of rotatable bonds is 6. The SMILES string of the molecule is CCOC(=O)Nc1ccc(Nc2ccccc2OC(C)C)nc1. The van der Waals surface area contributed by atoms with E-state index in [9.17, 15) is 4.79 Å². The van der Waals surface area contributed by atoms with Crippen LogP contribution in [0.5, 0.6) is 5.75 Å². The lowest BCUT2D eigenvalue weighted by Gasteiger charge is -2.15. The molecule has 2 rings (SSSR count). The van der Waals surface area contributed by atoms with E-state index in [0.717, 1.165) is 11.4 Å². The smallest absolute Gasteiger partial charge is 0.411 e. The second-order valence-corrected chi connectivity index (χ2v) is 5.07. The maximum Gasteiger partial charge on any atom is 0.411 e. The van der Waals surface area contributed by atoms with Gasteiger partial charge in [0.15, 0.2) is 0 Å². The van der Waals surface area contributed by atoms with E-state index in [0.29, 0.717) is 18.1 Å². The number of carbonyl (C=O) groups excluding carboxylic acids is 1. The Kier molecular flexibility index (Phi) is 5.80. The molecule has 1 amide bonds. The lowest BCUT2D eigenvalue weighted by molar-refractivity contribution is 0.168. The van der Waals surface area contributed by atoms with Gasteiger partial charge in [0.05, 0.1) is 30.3 Å². The molecule has 1 aromatic heterocycles. The molecule has 0 fully saturated rings. The second-order valence-electron chi connectivity index (χ2n) is 5.07. The van der Waals surface area contributed by atoms with Crippen molar-refractivity contribution < 1.29 is 14.3 Å². The Morgan fingerprint density at radius 2 is 2.00 bits per heavy atom. The van der Waals surface area contributed by atoms with Crippen LogP contribution in [-0.4, -0.2) is 23.8 Å². The molecular formula is C17H21N3O3. The van der Waals surface area contributed by atoms with E-state index in [2.05, 4.69) is 15.6 Å². The van der Waals surface area contributed by atoms with Crippen molar-refractivity contribution >= 4 is 23.3 Å². The molecule has 0 unspecified atom stereocenters.